The van der Waals surface area contributed by atoms with Crippen molar-refractivity contribution in [2.75, 3.05) is 24.5 Å². The van der Waals surface area contributed by atoms with E-state index in [0.29, 0.717) is 11.6 Å². The fourth-order valence-corrected chi connectivity index (χ4v) is 2.00. The molecule has 1 aliphatic heterocycles. The molecule has 0 radical (unpaired) electrons. The third-order valence-electron chi connectivity index (χ3n) is 2.91. The quantitative estimate of drug-likeness (QED) is 0.762. The molecule has 0 spiro atoms. The SMILES string of the molecule is Cc1ccc(C#N)c(N2CCNCC2C)n1. The molecule has 1 aromatic rings. The number of hydrogen-bond acceptors (Lipinski definition) is 4. The Labute approximate surface area is 95.9 Å². The van der Waals surface area contributed by atoms with E-state index < -0.39 is 0 Å². The topological polar surface area (TPSA) is 52.0 Å². The highest BCUT2D eigenvalue weighted by molar-refractivity contribution is 5.55. The Balaban J connectivity index is 2.38. The molecule has 1 unspecified atom stereocenters. The lowest BCUT2D eigenvalue weighted by atomic mass is 10.1. The fraction of sp³-hybridized carbons (Fsp3) is 0.500. The number of nitriles is 1. The number of anilines is 1. The Bertz CT molecular complexity index is 422. The first-order valence-corrected chi connectivity index (χ1v) is 5.57. The molecule has 0 saturated carbocycles. The highest BCUT2D eigenvalue weighted by Gasteiger charge is 2.21. The van der Waals surface area contributed by atoms with E-state index in [1.807, 2.05) is 19.1 Å². The van der Waals surface area contributed by atoms with Gasteiger partial charge in [-0.1, -0.05) is 0 Å². The minimum Gasteiger partial charge on any atom is -0.350 e. The molecule has 1 aromatic heterocycles. The molecular formula is C12H16N4. The Kier molecular flexibility index (Phi) is 3.07. The van der Waals surface area contributed by atoms with Gasteiger partial charge in [-0.3, -0.25) is 0 Å². The molecule has 1 aliphatic rings. The molecule has 0 amide bonds. The van der Waals surface area contributed by atoms with Gasteiger partial charge >= 0.3 is 0 Å². The number of nitrogens with zero attached hydrogens (tertiary/aromatic N) is 3. The van der Waals surface area contributed by atoms with Crippen molar-refractivity contribution in [1.29, 1.82) is 5.26 Å². The molecule has 0 aliphatic carbocycles. The monoisotopic (exact) mass is 216 g/mol. The van der Waals surface area contributed by atoms with Gasteiger partial charge in [0.1, 0.15) is 11.9 Å². The maximum Gasteiger partial charge on any atom is 0.147 e. The maximum atomic E-state index is 9.09. The first-order chi connectivity index (χ1) is 7.72. The highest BCUT2D eigenvalue weighted by Crippen LogP contribution is 2.20. The van der Waals surface area contributed by atoms with Gasteiger partial charge < -0.3 is 10.2 Å². The normalized spacial score (nSPS) is 20.6. The third kappa shape index (κ3) is 2.00. The van der Waals surface area contributed by atoms with Gasteiger partial charge in [0.05, 0.1) is 5.56 Å². The van der Waals surface area contributed by atoms with E-state index in [2.05, 4.69) is 28.2 Å². The summed E-state index contributed by atoms with van der Waals surface area (Å²) in [4.78, 5) is 6.70. The van der Waals surface area contributed by atoms with Crippen molar-refractivity contribution >= 4 is 5.82 Å². The van der Waals surface area contributed by atoms with E-state index in [1.165, 1.54) is 0 Å². The summed E-state index contributed by atoms with van der Waals surface area (Å²) in [6.45, 7) is 6.91. The van der Waals surface area contributed by atoms with Crippen LogP contribution in [0, 0.1) is 18.3 Å². The lowest BCUT2D eigenvalue weighted by Crippen LogP contribution is -2.50. The molecule has 4 nitrogen and oxygen atoms in total. The standard InChI is InChI=1S/C12H16N4/c1-9-3-4-11(7-13)12(15-9)16-6-5-14-8-10(16)2/h3-4,10,14H,5-6,8H2,1-2H3. The summed E-state index contributed by atoms with van der Waals surface area (Å²) < 4.78 is 0. The van der Waals surface area contributed by atoms with E-state index in [-0.39, 0.29) is 0 Å². The van der Waals surface area contributed by atoms with Crippen LogP contribution in [0.5, 0.6) is 0 Å². The summed E-state index contributed by atoms with van der Waals surface area (Å²) in [5.41, 5.74) is 1.62. The van der Waals surface area contributed by atoms with Crippen molar-refractivity contribution in [3.63, 3.8) is 0 Å². The zero-order valence-electron chi connectivity index (χ0n) is 9.70. The summed E-state index contributed by atoms with van der Waals surface area (Å²) in [6, 6.07) is 6.34. The summed E-state index contributed by atoms with van der Waals surface area (Å²) in [6.07, 6.45) is 0. The largest absolute Gasteiger partial charge is 0.350 e. The minimum absolute atomic E-state index is 0.384. The average Bonchev–Trinajstić information content (AvgIpc) is 2.29. The Morgan fingerprint density at radius 1 is 1.56 bits per heavy atom. The van der Waals surface area contributed by atoms with Gasteiger partial charge in [0.2, 0.25) is 0 Å². The average molecular weight is 216 g/mol. The van der Waals surface area contributed by atoms with Crippen LogP contribution in [0.3, 0.4) is 0 Å². The minimum atomic E-state index is 0.384. The molecule has 0 bridgehead atoms. The molecule has 1 fully saturated rings. The van der Waals surface area contributed by atoms with Gasteiger partial charge in [-0.25, -0.2) is 4.98 Å². The number of hydrogen-bond donors (Lipinski definition) is 1. The summed E-state index contributed by atoms with van der Waals surface area (Å²) in [5.74, 6) is 0.830. The van der Waals surface area contributed by atoms with Crippen molar-refractivity contribution in [2.24, 2.45) is 0 Å². The van der Waals surface area contributed by atoms with Gasteiger partial charge in [-0.2, -0.15) is 5.26 Å². The zero-order chi connectivity index (χ0) is 11.5. The Morgan fingerprint density at radius 3 is 3.06 bits per heavy atom. The second-order valence-corrected chi connectivity index (χ2v) is 4.18. The number of nitrogens with one attached hydrogen (secondary N) is 1. The molecule has 1 N–H and O–H groups in total. The van der Waals surface area contributed by atoms with Crippen LogP contribution in [0.15, 0.2) is 12.1 Å². The van der Waals surface area contributed by atoms with Gasteiger partial charge in [0.25, 0.3) is 0 Å². The maximum absolute atomic E-state index is 9.09. The molecule has 1 atom stereocenters. The van der Waals surface area contributed by atoms with Crippen LogP contribution in [0.1, 0.15) is 18.2 Å². The lowest BCUT2D eigenvalue weighted by Gasteiger charge is -2.35. The van der Waals surface area contributed by atoms with Gasteiger partial charge in [0, 0.05) is 31.4 Å². The van der Waals surface area contributed by atoms with E-state index in [0.717, 1.165) is 31.1 Å². The van der Waals surface area contributed by atoms with Crippen LogP contribution in [0.4, 0.5) is 5.82 Å². The molecule has 16 heavy (non-hydrogen) atoms. The van der Waals surface area contributed by atoms with Crippen LogP contribution in [-0.4, -0.2) is 30.7 Å². The highest BCUT2D eigenvalue weighted by atomic mass is 15.3. The summed E-state index contributed by atoms with van der Waals surface area (Å²) in [5, 5.41) is 12.4. The van der Waals surface area contributed by atoms with Crippen molar-refractivity contribution in [1.82, 2.24) is 10.3 Å². The van der Waals surface area contributed by atoms with Gasteiger partial charge in [-0.15, -0.1) is 0 Å². The zero-order valence-corrected chi connectivity index (χ0v) is 9.70. The molecular weight excluding hydrogens is 200 g/mol. The predicted molar refractivity (Wildman–Crippen MR) is 63.4 cm³/mol. The van der Waals surface area contributed by atoms with Crippen molar-refractivity contribution in [3.05, 3.63) is 23.4 Å². The summed E-state index contributed by atoms with van der Waals surface area (Å²) in [7, 11) is 0. The summed E-state index contributed by atoms with van der Waals surface area (Å²) >= 11 is 0. The molecule has 4 heteroatoms. The third-order valence-corrected chi connectivity index (χ3v) is 2.91. The molecule has 2 heterocycles. The van der Waals surface area contributed by atoms with Crippen LogP contribution in [0.25, 0.3) is 0 Å². The van der Waals surface area contributed by atoms with Crippen molar-refractivity contribution in [2.45, 2.75) is 19.9 Å². The molecule has 1 saturated heterocycles. The first-order valence-electron chi connectivity index (χ1n) is 5.57. The fourth-order valence-electron chi connectivity index (χ4n) is 2.00. The number of rotatable bonds is 1. The smallest absolute Gasteiger partial charge is 0.147 e. The molecule has 84 valence electrons. The van der Waals surface area contributed by atoms with Gasteiger partial charge in [0.15, 0.2) is 0 Å². The Hall–Kier alpha value is -1.60. The van der Waals surface area contributed by atoms with Crippen molar-refractivity contribution < 1.29 is 0 Å². The first kappa shape index (κ1) is 10.9. The lowest BCUT2D eigenvalue weighted by molar-refractivity contribution is 0.496. The number of aryl methyl sites for hydroxylation is 1. The van der Waals surface area contributed by atoms with E-state index in [4.69, 9.17) is 5.26 Å². The number of piperazine rings is 1. The molecule has 2 rings (SSSR count). The van der Waals surface area contributed by atoms with E-state index in [9.17, 15) is 0 Å². The number of pyridine rings is 1. The van der Waals surface area contributed by atoms with Crippen LogP contribution < -0.4 is 10.2 Å². The van der Waals surface area contributed by atoms with Crippen molar-refractivity contribution in [3.8, 4) is 6.07 Å². The van der Waals surface area contributed by atoms with Crippen LogP contribution in [0.2, 0.25) is 0 Å². The van der Waals surface area contributed by atoms with Gasteiger partial charge in [-0.05, 0) is 26.0 Å². The Morgan fingerprint density at radius 2 is 2.38 bits per heavy atom. The van der Waals surface area contributed by atoms with Crippen LogP contribution in [-0.2, 0) is 0 Å². The van der Waals surface area contributed by atoms with E-state index >= 15 is 0 Å². The predicted octanol–water partition coefficient (Wildman–Crippen LogP) is 1.06. The number of aromatic nitrogens is 1. The molecule has 0 aromatic carbocycles. The van der Waals surface area contributed by atoms with E-state index in [1.54, 1.807) is 0 Å². The van der Waals surface area contributed by atoms with Crippen LogP contribution >= 0.6 is 0 Å². The second kappa shape index (κ2) is 4.50. The second-order valence-electron chi connectivity index (χ2n) is 4.18.